The third-order valence-corrected chi connectivity index (χ3v) is 3.89. The molecule has 0 bridgehead atoms. The van der Waals surface area contributed by atoms with E-state index in [1.165, 1.54) is 5.56 Å². The first-order valence-electron chi connectivity index (χ1n) is 7.07. The van der Waals surface area contributed by atoms with Gasteiger partial charge in [0, 0.05) is 57.6 Å². The molecule has 19 heavy (non-hydrogen) atoms. The van der Waals surface area contributed by atoms with Crippen LogP contribution in [-0.4, -0.2) is 53.4 Å². The van der Waals surface area contributed by atoms with Crippen LogP contribution in [0.15, 0.2) is 18.5 Å². The third kappa shape index (κ3) is 3.58. The molecule has 1 aromatic rings. The highest BCUT2D eigenvalue weighted by molar-refractivity contribution is 5.76. The summed E-state index contributed by atoms with van der Waals surface area (Å²) in [6.07, 6.45) is 5.51. The number of nitrogens with zero attached hydrogens (tertiary/aromatic N) is 2. The first-order valence-corrected chi connectivity index (χ1v) is 7.07. The fraction of sp³-hybridized carbons (Fsp3) is 0.643. The van der Waals surface area contributed by atoms with Crippen LogP contribution in [0.3, 0.4) is 0 Å². The number of hydrogen-bond donors (Lipinski definition) is 2. The zero-order valence-corrected chi connectivity index (χ0v) is 11.6. The first kappa shape index (κ1) is 14.1. The van der Waals surface area contributed by atoms with Crippen molar-refractivity contribution in [3.05, 3.63) is 24.0 Å². The molecule has 0 aliphatic carbocycles. The first-order chi connectivity index (χ1) is 9.22. The Morgan fingerprint density at radius 1 is 1.42 bits per heavy atom. The number of nitrogens with two attached hydrogens (primary N) is 1. The lowest BCUT2D eigenvalue weighted by molar-refractivity contribution is -0.130. The van der Waals surface area contributed by atoms with E-state index >= 15 is 0 Å². The van der Waals surface area contributed by atoms with Gasteiger partial charge in [0.05, 0.1) is 0 Å². The molecule has 106 valence electrons. The van der Waals surface area contributed by atoms with E-state index in [1.807, 2.05) is 17.3 Å². The second kappa shape index (κ2) is 6.73. The van der Waals surface area contributed by atoms with Gasteiger partial charge in [0.1, 0.15) is 0 Å². The van der Waals surface area contributed by atoms with Crippen molar-refractivity contribution < 1.29 is 4.79 Å². The maximum atomic E-state index is 11.9. The average molecular weight is 264 g/mol. The molecule has 1 amide bonds. The zero-order chi connectivity index (χ0) is 13.7. The minimum atomic E-state index is 0.193. The van der Waals surface area contributed by atoms with Gasteiger partial charge in [-0.05, 0) is 25.0 Å². The van der Waals surface area contributed by atoms with Crippen molar-refractivity contribution in [1.82, 2.24) is 14.8 Å². The normalized spacial score (nSPS) is 19.2. The van der Waals surface area contributed by atoms with Crippen LogP contribution in [-0.2, 0) is 4.79 Å². The Labute approximate surface area is 114 Å². The fourth-order valence-corrected chi connectivity index (χ4v) is 2.66. The lowest BCUT2D eigenvalue weighted by atomic mass is 10.1. The number of aromatic amines is 1. The second-order valence-corrected chi connectivity index (χ2v) is 5.13. The maximum absolute atomic E-state index is 11.9. The highest BCUT2D eigenvalue weighted by atomic mass is 16.2. The van der Waals surface area contributed by atoms with Gasteiger partial charge in [-0.3, -0.25) is 9.69 Å². The fourth-order valence-electron chi connectivity index (χ4n) is 2.66. The lowest BCUT2D eigenvalue weighted by Crippen LogP contribution is -2.36. The second-order valence-electron chi connectivity index (χ2n) is 5.13. The molecule has 1 unspecified atom stereocenters. The van der Waals surface area contributed by atoms with Gasteiger partial charge in [-0.1, -0.05) is 0 Å². The van der Waals surface area contributed by atoms with Crippen molar-refractivity contribution in [3.8, 4) is 0 Å². The van der Waals surface area contributed by atoms with Gasteiger partial charge in [-0.15, -0.1) is 0 Å². The molecule has 1 saturated heterocycles. The van der Waals surface area contributed by atoms with E-state index in [-0.39, 0.29) is 5.91 Å². The summed E-state index contributed by atoms with van der Waals surface area (Å²) in [5.41, 5.74) is 6.76. The van der Waals surface area contributed by atoms with Gasteiger partial charge < -0.3 is 15.6 Å². The summed E-state index contributed by atoms with van der Waals surface area (Å²) < 4.78 is 0. The van der Waals surface area contributed by atoms with Crippen molar-refractivity contribution >= 4 is 5.91 Å². The Kier molecular flexibility index (Phi) is 4.99. The molecule has 3 N–H and O–H groups in total. The SMILES string of the molecule is CC(c1cc[nH]c1)N1CCCN(C(=O)CCN)CC1. The predicted octanol–water partition coefficient (Wildman–Crippen LogP) is 0.959. The van der Waals surface area contributed by atoms with Gasteiger partial charge in [-0.25, -0.2) is 0 Å². The van der Waals surface area contributed by atoms with Crippen LogP contribution in [0.1, 0.15) is 31.4 Å². The van der Waals surface area contributed by atoms with Gasteiger partial charge in [0.25, 0.3) is 0 Å². The molecule has 1 aromatic heterocycles. The number of rotatable bonds is 4. The van der Waals surface area contributed by atoms with Crippen molar-refractivity contribution in [1.29, 1.82) is 0 Å². The number of amides is 1. The Bertz CT molecular complexity index is 390. The van der Waals surface area contributed by atoms with Gasteiger partial charge >= 0.3 is 0 Å². The van der Waals surface area contributed by atoms with Crippen molar-refractivity contribution in [2.45, 2.75) is 25.8 Å². The maximum Gasteiger partial charge on any atom is 0.223 e. The van der Waals surface area contributed by atoms with E-state index in [1.54, 1.807) is 0 Å². The van der Waals surface area contributed by atoms with Gasteiger partial charge in [-0.2, -0.15) is 0 Å². The summed E-state index contributed by atoms with van der Waals surface area (Å²) in [6.45, 7) is 6.31. The molecule has 5 heteroatoms. The average Bonchev–Trinajstić information content (AvgIpc) is 2.82. The summed E-state index contributed by atoms with van der Waals surface area (Å²) in [7, 11) is 0. The third-order valence-electron chi connectivity index (χ3n) is 3.89. The van der Waals surface area contributed by atoms with Crippen molar-refractivity contribution in [2.75, 3.05) is 32.7 Å². The molecule has 2 rings (SSSR count). The molecule has 1 fully saturated rings. The molecule has 5 nitrogen and oxygen atoms in total. The largest absolute Gasteiger partial charge is 0.367 e. The molecule has 1 aliphatic heterocycles. The predicted molar refractivity (Wildman–Crippen MR) is 75.6 cm³/mol. The Morgan fingerprint density at radius 2 is 2.26 bits per heavy atom. The molecule has 2 heterocycles. The summed E-state index contributed by atoms with van der Waals surface area (Å²) in [4.78, 5) is 19.4. The Morgan fingerprint density at radius 3 is 2.95 bits per heavy atom. The Balaban J connectivity index is 1.91. The number of H-pyrrole nitrogens is 1. The van der Waals surface area contributed by atoms with E-state index in [4.69, 9.17) is 5.73 Å². The quantitative estimate of drug-likeness (QED) is 0.851. The molecule has 0 aromatic carbocycles. The molecule has 0 spiro atoms. The molecular weight excluding hydrogens is 240 g/mol. The summed E-state index contributed by atoms with van der Waals surface area (Å²) in [5, 5.41) is 0. The van der Waals surface area contributed by atoms with E-state index in [0.717, 1.165) is 32.6 Å². The highest BCUT2D eigenvalue weighted by Gasteiger charge is 2.22. The van der Waals surface area contributed by atoms with Crippen LogP contribution < -0.4 is 5.73 Å². The van der Waals surface area contributed by atoms with Crippen LogP contribution in [0.2, 0.25) is 0 Å². The molecule has 1 atom stereocenters. The van der Waals surface area contributed by atoms with Gasteiger partial charge in [0.15, 0.2) is 0 Å². The van der Waals surface area contributed by atoms with E-state index in [2.05, 4.69) is 22.9 Å². The van der Waals surface area contributed by atoms with Crippen LogP contribution >= 0.6 is 0 Å². The molecular formula is C14H24N4O. The molecule has 1 aliphatic rings. The molecule has 0 saturated carbocycles. The van der Waals surface area contributed by atoms with Crippen LogP contribution in [0.4, 0.5) is 0 Å². The Hall–Kier alpha value is -1.33. The van der Waals surface area contributed by atoms with Gasteiger partial charge in [0.2, 0.25) is 5.91 Å². The van der Waals surface area contributed by atoms with E-state index in [9.17, 15) is 4.79 Å². The van der Waals surface area contributed by atoms with E-state index in [0.29, 0.717) is 19.0 Å². The van der Waals surface area contributed by atoms with Crippen LogP contribution in [0.5, 0.6) is 0 Å². The monoisotopic (exact) mass is 264 g/mol. The summed E-state index contributed by atoms with van der Waals surface area (Å²) in [6, 6.07) is 2.52. The summed E-state index contributed by atoms with van der Waals surface area (Å²) >= 11 is 0. The zero-order valence-electron chi connectivity index (χ0n) is 11.6. The minimum Gasteiger partial charge on any atom is -0.367 e. The highest BCUT2D eigenvalue weighted by Crippen LogP contribution is 2.21. The summed E-state index contributed by atoms with van der Waals surface area (Å²) in [5.74, 6) is 0.193. The van der Waals surface area contributed by atoms with Crippen LogP contribution in [0, 0.1) is 0 Å². The number of hydrogen-bond acceptors (Lipinski definition) is 3. The van der Waals surface area contributed by atoms with Crippen molar-refractivity contribution in [3.63, 3.8) is 0 Å². The molecule has 0 radical (unpaired) electrons. The smallest absolute Gasteiger partial charge is 0.223 e. The minimum absolute atomic E-state index is 0.193. The topological polar surface area (TPSA) is 65.4 Å². The number of carbonyl (C=O) groups is 1. The number of aromatic nitrogens is 1. The number of nitrogens with one attached hydrogen (secondary N) is 1. The van der Waals surface area contributed by atoms with E-state index < -0.39 is 0 Å². The van der Waals surface area contributed by atoms with Crippen molar-refractivity contribution in [2.24, 2.45) is 5.73 Å². The lowest BCUT2D eigenvalue weighted by Gasteiger charge is -2.27. The standard InChI is InChI=1S/C14H24N4O/c1-12(13-4-6-16-11-13)17-7-2-8-18(10-9-17)14(19)3-5-15/h4,6,11-12,16H,2-3,5,7-10,15H2,1H3. The van der Waals surface area contributed by atoms with Crippen LogP contribution in [0.25, 0.3) is 0 Å². The number of carbonyl (C=O) groups excluding carboxylic acids is 1.